The monoisotopic (exact) mass is 554 g/mol. The van der Waals surface area contributed by atoms with E-state index in [4.69, 9.17) is 27.6 Å². The second kappa shape index (κ2) is 11.1. The van der Waals surface area contributed by atoms with E-state index in [0.29, 0.717) is 52.6 Å². The zero-order valence-electron chi connectivity index (χ0n) is 18.9. The molecule has 3 aromatic rings. The standard InChI is InChI=1S/C23H24Cl2N4O4S2/c1-2-17-14-27-23(33-17)16-12-19(24)21(26-13-16)29-9-7-15(8-10-29)22(30)28-35(31,32)11-3-4-18-5-6-20(25)34-18/h3-6,12-15H,2,7-11H2,1H3,(H,28,30). The van der Waals surface area contributed by atoms with Crippen molar-refractivity contribution in [1.82, 2.24) is 14.7 Å². The van der Waals surface area contributed by atoms with Gasteiger partial charge in [-0.15, -0.1) is 11.3 Å². The number of thiophene rings is 1. The van der Waals surface area contributed by atoms with Gasteiger partial charge < -0.3 is 9.32 Å². The molecule has 1 amide bonds. The van der Waals surface area contributed by atoms with Crippen molar-refractivity contribution in [2.75, 3.05) is 23.7 Å². The van der Waals surface area contributed by atoms with E-state index in [1.165, 1.54) is 17.4 Å². The molecule has 8 nitrogen and oxygen atoms in total. The molecule has 0 spiro atoms. The SMILES string of the molecule is CCc1cnc(-c2cnc(N3CCC(C(=O)NS(=O)(=O)CC=Cc4ccc(Cl)s4)CC3)c(Cl)c2)o1. The first-order valence-electron chi connectivity index (χ1n) is 11.1. The Labute approximate surface area is 218 Å². The molecule has 1 N–H and O–H groups in total. The largest absolute Gasteiger partial charge is 0.441 e. The fourth-order valence-corrected chi connectivity index (χ4v) is 5.91. The lowest BCUT2D eigenvalue weighted by atomic mass is 9.96. The highest BCUT2D eigenvalue weighted by atomic mass is 35.5. The number of amides is 1. The van der Waals surface area contributed by atoms with Crippen molar-refractivity contribution in [3.05, 3.63) is 56.7 Å². The van der Waals surface area contributed by atoms with E-state index in [9.17, 15) is 13.2 Å². The maximum Gasteiger partial charge on any atom is 0.238 e. The van der Waals surface area contributed by atoms with Gasteiger partial charge in [0.05, 0.1) is 26.9 Å². The number of piperidine rings is 1. The second-order valence-corrected chi connectivity index (χ2v) is 12.0. The fraction of sp³-hybridized carbons (Fsp3) is 0.348. The third-order valence-corrected chi connectivity index (χ3v) is 8.20. The first-order chi connectivity index (χ1) is 16.7. The van der Waals surface area contributed by atoms with Crippen molar-refractivity contribution in [2.24, 2.45) is 5.92 Å². The molecule has 1 aliphatic rings. The summed E-state index contributed by atoms with van der Waals surface area (Å²) >= 11 is 13.7. The highest BCUT2D eigenvalue weighted by Gasteiger charge is 2.29. The summed E-state index contributed by atoms with van der Waals surface area (Å²) in [4.78, 5) is 24.2. The fourth-order valence-electron chi connectivity index (χ4n) is 3.73. The van der Waals surface area contributed by atoms with Crippen LogP contribution in [0.1, 0.15) is 30.4 Å². The second-order valence-electron chi connectivity index (χ2n) is 8.07. The number of sulfonamides is 1. The summed E-state index contributed by atoms with van der Waals surface area (Å²) in [6.45, 7) is 3.04. The highest BCUT2D eigenvalue weighted by molar-refractivity contribution is 7.90. The van der Waals surface area contributed by atoms with E-state index >= 15 is 0 Å². The van der Waals surface area contributed by atoms with Crippen molar-refractivity contribution in [3.63, 3.8) is 0 Å². The van der Waals surface area contributed by atoms with Crippen molar-refractivity contribution >= 4 is 62.4 Å². The molecule has 1 saturated heterocycles. The molecule has 0 unspecified atom stereocenters. The molecule has 35 heavy (non-hydrogen) atoms. The molecule has 0 saturated carbocycles. The number of carbonyl (C=O) groups is 1. The lowest BCUT2D eigenvalue weighted by Crippen LogP contribution is -2.43. The number of aryl methyl sites for hydroxylation is 1. The van der Waals surface area contributed by atoms with Crippen LogP contribution in [0, 0.1) is 5.92 Å². The Morgan fingerprint density at radius 3 is 2.66 bits per heavy atom. The van der Waals surface area contributed by atoms with Crippen LogP contribution in [-0.4, -0.2) is 43.1 Å². The van der Waals surface area contributed by atoms with Gasteiger partial charge in [-0.1, -0.05) is 36.2 Å². The van der Waals surface area contributed by atoms with E-state index in [0.717, 1.165) is 17.1 Å². The van der Waals surface area contributed by atoms with Crippen LogP contribution in [0.3, 0.4) is 0 Å². The third kappa shape index (κ3) is 6.63. The Bertz CT molecular complexity index is 1330. The number of nitrogens with one attached hydrogen (secondary N) is 1. The summed E-state index contributed by atoms with van der Waals surface area (Å²) in [5.74, 6) is 0.687. The summed E-state index contributed by atoms with van der Waals surface area (Å²) in [6, 6.07) is 5.30. The van der Waals surface area contributed by atoms with Crippen LogP contribution in [-0.2, 0) is 21.2 Å². The van der Waals surface area contributed by atoms with E-state index in [-0.39, 0.29) is 5.75 Å². The first kappa shape index (κ1) is 25.7. The van der Waals surface area contributed by atoms with Crippen LogP contribution in [0.5, 0.6) is 0 Å². The smallest absolute Gasteiger partial charge is 0.238 e. The predicted molar refractivity (Wildman–Crippen MR) is 139 cm³/mol. The Balaban J connectivity index is 1.30. The average Bonchev–Trinajstić information content (AvgIpc) is 3.47. The number of oxazole rings is 1. The number of nitrogens with zero attached hydrogens (tertiary/aromatic N) is 3. The summed E-state index contributed by atoms with van der Waals surface area (Å²) in [5.41, 5.74) is 0.689. The van der Waals surface area contributed by atoms with Crippen LogP contribution in [0.2, 0.25) is 9.36 Å². The molecular weight excluding hydrogens is 531 g/mol. The molecule has 1 fully saturated rings. The Morgan fingerprint density at radius 2 is 2.03 bits per heavy atom. The summed E-state index contributed by atoms with van der Waals surface area (Å²) in [6.07, 6.45) is 8.24. The molecule has 4 rings (SSSR count). The molecule has 3 aromatic heterocycles. The predicted octanol–water partition coefficient (Wildman–Crippen LogP) is 5.04. The molecule has 1 aliphatic heterocycles. The van der Waals surface area contributed by atoms with Gasteiger partial charge in [-0.05, 0) is 37.1 Å². The third-order valence-electron chi connectivity index (χ3n) is 5.58. The van der Waals surface area contributed by atoms with Crippen molar-refractivity contribution in [2.45, 2.75) is 26.2 Å². The van der Waals surface area contributed by atoms with E-state index in [1.807, 2.05) is 11.8 Å². The number of carbonyl (C=O) groups excluding carboxylic acids is 1. The van der Waals surface area contributed by atoms with Crippen LogP contribution in [0.4, 0.5) is 5.82 Å². The lowest BCUT2D eigenvalue weighted by molar-refractivity contribution is -0.123. The molecule has 4 heterocycles. The maximum absolute atomic E-state index is 12.6. The van der Waals surface area contributed by atoms with Crippen LogP contribution in [0.25, 0.3) is 17.5 Å². The number of halogens is 2. The Kier molecular flexibility index (Phi) is 8.16. The van der Waals surface area contributed by atoms with Gasteiger partial charge in [0, 0.05) is 36.5 Å². The van der Waals surface area contributed by atoms with E-state index in [1.54, 1.807) is 36.7 Å². The lowest BCUT2D eigenvalue weighted by Gasteiger charge is -2.32. The van der Waals surface area contributed by atoms with Gasteiger partial charge in [0.15, 0.2) is 0 Å². The number of pyridine rings is 1. The minimum atomic E-state index is -3.77. The highest BCUT2D eigenvalue weighted by Crippen LogP contribution is 2.31. The quantitative estimate of drug-likeness (QED) is 0.415. The molecule has 0 bridgehead atoms. The van der Waals surface area contributed by atoms with Crippen LogP contribution >= 0.6 is 34.5 Å². The normalized spacial score (nSPS) is 15.1. The van der Waals surface area contributed by atoms with E-state index in [2.05, 4.69) is 14.7 Å². The topological polar surface area (TPSA) is 105 Å². The zero-order chi connectivity index (χ0) is 25.0. The van der Waals surface area contributed by atoms with Gasteiger partial charge in [0.25, 0.3) is 0 Å². The van der Waals surface area contributed by atoms with Gasteiger partial charge in [-0.25, -0.2) is 18.4 Å². The summed E-state index contributed by atoms with van der Waals surface area (Å²) < 4.78 is 33.1. The average molecular weight is 556 g/mol. The number of rotatable bonds is 8. The maximum atomic E-state index is 12.6. The Morgan fingerprint density at radius 1 is 1.26 bits per heavy atom. The van der Waals surface area contributed by atoms with Crippen LogP contribution in [0.15, 0.2) is 41.1 Å². The molecule has 0 aromatic carbocycles. The molecule has 12 heteroatoms. The Hall–Kier alpha value is -2.40. The molecule has 186 valence electrons. The summed E-state index contributed by atoms with van der Waals surface area (Å²) in [7, 11) is -3.77. The summed E-state index contributed by atoms with van der Waals surface area (Å²) in [5, 5.41) is 0.461. The molecular formula is C23H24Cl2N4O4S2. The van der Waals surface area contributed by atoms with Crippen molar-refractivity contribution in [1.29, 1.82) is 0 Å². The van der Waals surface area contributed by atoms with Gasteiger partial charge >= 0.3 is 0 Å². The van der Waals surface area contributed by atoms with Crippen molar-refractivity contribution < 1.29 is 17.6 Å². The molecule has 0 atom stereocenters. The van der Waals surface area contributed by atoms with Gasteiger partial charge in [0.2, 0.25) is 21.8 Å². The van der Waals surface area contributed by atoms with Crippen LogP contribution < -0.4 is 9.62 Å². The minimum absolute atomic E-state index is 0.288. The number of anilines is 1. The number of hydrogen-bond donors (Lipinski definition) is 1. The first-order valence-corrected chi connectivity index (χ1v) is 14.3. The number of hydrogen-bond acceptors (Lipinski definition) is 8. The minimum Gasteiger partial charge on any atom is -0.441 e. The zero-order valence-corrected chi connectivity index (χ0v) is 22.1. The van der Waals surface area contributed by atoms with Crippen molar-refractivity contribution in [3.8, 4) is 11.5 Å². The molecule has 0 radical (unpaired) electrons. The van der Waals surface area contributed by atoms with Gasteiger partial charge in [-0.2, -0.15) is 0 Å². The van der Waals surface area contributed by atoms with Gasteiger partial charge in [-0.3, -0.25) is 9.52 Å². The number of aromatic nitrogens is 2. The van der Waals surface area contributed by atoms with E-state index < -0.39 is 21.8 Å². The molecule has 0 aliphatic carbocycles. The van der Waals surface area contributed by atoms with Gasteiger partial charge in [0.1, 0.15) is 11.6 Å².